The van der Waals surface area contributed by atoms with Crippen LogP contribution in [0.3, 0.4) is 0 Å². The minimum atomic E-state index is -3.72. The summed E-state index contributed by atoms with van der Waals surface area (Å²) in [5, 5.41) is 9.47. The fourth-order valence-electron chi connectivity index (χ4n) is 5.38. The van der Waals surface area contributed by atoms with Crippen molar-refractivity contribution < 1.29 is 23.0 Å². The van der Waals surface area contributed by atoms with Gasteiger partial charge < -0.3 is 19.5 Å². The molecule has 0 amide bonds. The highest BCUT2D eigenvalue weighted by molar-refractivity contribution is 7.92. The first-order valence-corrected chi connectivity index (χ1v) is 15.4. The van der Waals surface area contributed by atoms with Crippen LogP contribution in [-0.2, 0) is 26.1 Å². The number of nitrogens with zero attached hydrogens (tertiary/aromatic N) is 1. The van der Waals surface area contributed by atoms with Gasteiger partial charge in [-0.15, -0.1) is 0 Å². The van der Waals surface area contributed by atoms with Gasteiger partial charge in [0.2, 0.25) is 0 Å². The van der Waals surface area contributed by atoms with Crippen molar-refractivity contribution in [1.29, 1.82) is 0 Å². The lowest BCUT2D eigenvalue weighted by atomic mass is 9.99. The van der Waals surface area contributed by atoms with Gasteiger partial charge in [-0.3, -0.25) is 4.72 Å². The second-order valence-electron chi connectivity index (χ2n) is 10.5. The molecular formula is C31H38N2O5S. The SMILES string of the molecule is O=S(=O)(Nc1cccc([C@H]2O[C@@H](CN3CCCCCCC3)C[C@@H](c3ccc(CO)cc3)O2)c1)c1ccccc1. The molecule has 2 saturated heterocycles. The molecule has 0 spiro atoms. The molecule has 0 aromatic heterocycles. The predicted molar refractivity (Wildman–Crippen MR) is 152 cm³/mol. The maximum atomic E-state index is 12.9. The first-order valence-electron chi connectivity index (χ1n) is 13.9. The zero-order valence-corrected chi connectivity index (χ0v) is 23.1. The zero-order valence-electron chi connectivity index (χ0n) is 22.2. The molecule has 208 valence electrons. The molecule has 2 N–H and O–H groups in total. The number of ether oxygens (including phenoxy) is 2. The molecule has 2 aliphatic heterocycles. The number of aliphatic hydroxyl groups excluding tert-OH is 1. The Kier molecular flexibility index (Phi) is 9.32. The van der Waals surface area contributed by atoms with E-state index in [9.17, 15) is 13.5 Å². The van der Waals surface area contributed by atoms with Gasteiger partial charge in [0.05, 0.1) is 23.7 Å². The number of sulfonamides is 1. The molecule has 0 radical (unpaired) electrons. The van der Waals surface area contributed by atoms with E-state index in [1.165, 1.54) is 32.1 Å². The van der Waals surface area contributed by atoms with Gasteiger partial charge in [0.25, 0.3) is 10.0 Å². The van der Waals surface area contributed by atoms with Gasteiger partial charge in [0, 0.05) is 24.2 Å². The van der Waals surface area contributed by atoms with E-state index in [0.29, 0.717) is 5.69 Å². The van der Waals surface area contributed by atoms with E-state index in [2.05, 4.69) is 9.62 Å². The van der Waals surface area contributed by atoms with Crippen LogP contribution < -0.4 is 4.72 Å². The van der Waals surface area contributed by atoms with Crippen molar-refractivity contribution in [2.45, 2.75) is 68.5 Å². The molecule has 0 unspecified atom stereocenters. The fraction of sp³-hybridized carbons (Fsp3) is 0.419. The predicted octanol–water partition coefficient (Wildman–Crippen LogP) is 5.79. The summed E-state index contributed by atoms with van der Waals surface area (Å²) >= 11 is 0. The molecule has 3 atom stereocenters. The summed E-state index contributed by atoms with van der Waals surface area (Å²) < 4.78 is 41.5. The Morgan fingerprint density at radius 2 is 1.54 bits per heavy atom. The molecule has 3 aromatic rings. The van der Waals surface area contributed by atoms with E-state index in [-0.39, 0.29) is 23.7 Å². The quantitative estimate of drug-likeness (QED) is 0.369. The average molecular weight is 551 g/mol. The minimum Gasteiger partial charge on any atom is -0.392 e. The highest BCUT2D eigenvalue weighted by Gasteiger charge is 2.33. The largest absolute Gasteiger partial charge is 0.392 e. The van der Waals surface area contributed by atoms with Crippen molar-refractivity contribution in [3.05, 3.63) is 95.6 Å². The van der Waals surface area contributed by atoms with Gasteiger partial charge in [-0.2, -0.15) is 0 Å². The highest BCUT2D eigenvalue weighted by atomic mass is 32.2. The Morgan fingerprint density at radius 3 is 2.26 bits per heavy atom. The van der Waals surface area contributed by atoms with Crippen LogP contribution in [0.2, 0.25) is 0 Å². The Labute approximate surface area is 231 Å². The van der Waals surface area contributed by atoms with Crippen LogP contribution in [0, 0.1) is 0 Å². The van der Waals surface area contributed by atoms with Crippen molar-refractivity contribution in [2.75, 3.05) is 24.4 Å². The maximum Gasteiger partial charge on any atom is 0.261 e. The summed E-state index contributed by atoms with van der Waals surface area (Å²) in [6.07, 6.45) is 6.17. The van der Waals surface area contributed by atoms with E-state index in [4.69, 9.17) is 9.47 Å². The third kappa shape index (κ3) is 7.47. The van der Waals surface area contributed by atoms with Gasteiger partial charge in [0.1, 0.15) is 0 Å². The summed E-state index contributed by atoms with van der Waals surface area (Å²) in [7, 11) is -3.72. The number of anilines is 1. The number of hydrogen-bond acceptors (Lipinski definition) is 6. The summed E-state index contributed by atoms with van der Waals surface area (Å²) in [5.41, 5.74) is 3.12. The third-order valence-electron chi connectivity index (χ3n) is 7.49. The van der Waals surface area contributed by atoms with Gasteiger partial charge >= 0.3 is 0 Å². The van der Waals surface area contributed by atoms with Gasteiger partial charge in [-0.1, -0.05) is 73.9 Å². The molecule has 2 aliphatic rings. The van der Waals surface area contributed by atoms with E-state index >= 15 is 0 Å². The monoisotopic (exact) mass is 550 g/mol. The number of benzene rings is 3. The number of likely N-dealkylation sites (tertiary alicyclic amines) is 1. The van der Waals surface area contributed by atoms with E-state index in [1.807, 2.05) is 36.4 Å². The molecule has 3 aromatic carbocycles. The smallest absolute Gasteiger partial charge is 0.261 e. The molecule has 0 aliphatic carbocycles. The average Bonchev–Trinajstić information content (AvgIpc) is 2.95. The van der Waals surface area contributed by atoms with Crippen LogP contribution in [0.4, 0.5) is 5.69 Å². The summed E-state index contributed by atoms with van der Waals surface area (Å²) in [4.78, 5) is 2.72. The van der Waals surface area contributed by atoms with Crippen LogP contribution in [0.25, 0.3) is 0 Å². The number of nitrogens with one attached hydrogen (secondary N) is 1. The Bertz CT molecular complexity index is 1290. The zero-order chi connectivity index (χ0) is 27.1. The van der Waals surface area contributed by atoms with Crippen molar-refractivity contribution in [1.82, 2.24) is 4.90 Å². The molecule has 8 heteroatoms. The number of hydrogen-bond donors (Lipinski definition) is 2. The molecule has 7 nitrogen and oxygen atoms in total. The van der Waals surface area contributed by atoms with Crippen LogP contribution in [0.1, 0.15) is 67.6 Å². The van der Waals surface area contributed by atoms with Crippen LogP contribution in [0.5, 0.6) is 0 Å². The molecule has 2 fully saturated rings. The normalized spacial score (nSPS) is 23.1. The van der Waals surface area contributed by atoms with Crippen molar-refractivity contribution in [3.8, 4) is 0 Å². The van der Waals surface area contributed by atoms with E-state index < -0.39 is 16.3 Å². The van der Waals surface area contributed by atoms with Gasteiger partial charge in [-0.25, -0.2) is 8.42 Å². The van der Waals surface area contributed by atoms with E-state index in [0.717, 1.165) is 42.7 Å². The minimum absolute atomic E-state index is 0.000800. The lowest BCUT2D eigenvalue weighted by Gasteiger charge is -2.39. The van der Waals surface area contributed by atoms with Gasteiger partial charge in [-0.05, 0) is 61.3 Å². The van der Waals surface area contributed by atoms with Crippen LogP contribution in [0.15, 0.2) is 83.8 Å². The highest BCUT2D eigenvalue weighted by Crippen LogP contribution is 2.39. The summed E-state index contributed by atoms with van der Waals surface area (Å²) in [6.45, 7) is 3.00. The Hall–Kier alpha value is -2.75. The fourth-order valence-corrected chi connectivity index (χ4v) is 6.45. The van der Waals surface area contributed by atoms with Crippen molar-refractivity contribution in [2.24, 2.45) is 0 Å². The molecular weight excluding hydrogens is 512 g/mol. The topological polar surface area (TPSA) is 88.1 Å². The van der Waals surface area contributed by atoms with Gasteiger partial charge in [0.15, 0.2) is 6.29 Å². The standard InChI is InChI=1S/C31H38N2O5S/c34-23-24-14-16-25(17-15-24)30-21-28(22-33-18-7-2-1-3-8-19-33)37-31(38-30)26-10-9-11-27(20-26)32-39(35,36)29-12-5-4-6-13-29/h4-6,9-17,20,28,30-32,34H,1-3,7-8,18-19,21-23H2/t28-,30+,31+/m1/s1. The van der Waals surface area contributed by atoms with Crippen LogP contribution >= 0.6 is 0 Å². The lowest BCUT2D eigenvalue weighted by molar-refractivity contribution is -0.253. The lowest BCUT2D eigenvalue weighted by Crippen LogP contribution is -2.40. The number of rotatable bonds is 8. The van der Waals surface area contributed by atoms with Crippen molar-refractivity contribution in [3.63, 3.8) is 0 Å². The van der Waals surface area contributed by atoms with E-state index in [1.54, 1.807) is 42.5 Å². The first-order chi connectivity index (χ1) is 19.0. The van der Waals surface area contributed by atoms with Crippen molar-refractivity contribution >= 4 is 15.7 Å². The molecule has 0 saturated carbocycles. The second-order valence-corrected chi connectivity index (χ2v) is 12.1. The summed E-state index contributed by atoms with van der Waals surface area (Å²) in [5.74, 6) is 0. The number of aliphatic hydroxyl groups is 1. The Balaban J connectivity index is 1.37. The van der Waals surface area contributed by atoms with Crippen LogP contribution in [-0.4, -0.2) is 44.2 Å². The molecule has 5 rings (SSSR count). The molecule has 39 heavy (non-hydrogen) atoms. The molecule has 2 heterocycles. The Morgan fingerprint density at radius 1 is 0.821 bits per heavy atom. The third-order valence-corrected chi connectivity index (χ3v) is 8.89. The maximum absolute atomic E-state index is 12.9. The molecule has 0 bridgehead atoms. The summed E-state index contributed by atoms with van der Waals surface area (Å²) in [6, 6.07) is 23.5. The first kappa shape index (κ1) is 27.8. The second kappa shape index (κ2) is 13.1.